The maximum absolute atomic E-state index is 12.4. The van der Waals surface area contributed by atoms with Crippen LogP contribution >= 0.6 is 27.5 Å². The molecule has 20 heavy (non-hydrogen) atoms. The maximum Gasteiger partial charge on any atom is 0.336 e. The molecule has 0 heterocycles. The van der Waals surface area contributed by atoms with E-state index >= 15 is 0 Å². The molecule has 0 spiro atoms. The Hall–Kier alpha value is -1.17. The van der Waals surface area contributed by atoms with Gasteiger partial charge in [-0.2, -0.15) is 0 Å². The van der Waals surface area contributed by atoms with Gasteiger partial charge >= 0.3 is 5.97 Å². The molecule has 0 fully saturated rings. The van der Waals surface area contributed by atoms with Crippen LogP contribution < -0.4 is 0 Å². The summed E-state index contributed by atoms with van der Waals surface area (Å²) in [5, 5.41) is 9.75. The third kappa shape index (κ3) is 3.69. The minimum Gasteiger partial charge on any atom is -0.478 e. The van der Waals surface area contributed by atoms with Gasteiger partial charge in [0, 0.05) is 9.50 Å². The van der Waals surface area contributed by atoms with Crippen molar-refractivity contribution >= 4 is 44.3 Å². The van der Waals surface area contributed by atoms with E-state index in [1.807, 2.05) is 0 Å². The lowest BCUT2D eigenvalue weighted by Crippen LogP contribution is -2.06. The lowest BCUT2D eigenvalue weighted by atomic mass is 10.2. The Morgan fingerprint density at radius 3 is 2.45 bits per heavy atom. The largest absolute Gasteiger partial charge is 0.478 e. The van der Waals surface area contributed by atoms with Crippen molar-refractivity contribution < 1.29 is 14.1 Å². The molecule has 1 atom stereocenters. The summed E-state index contributed by atoms with van der Waals surface area (Å²) in [5.41, 5.74) is 0.893. The molecule has 0 aromatic heterocycles. The van der Waals surface area contributed by atoms with E-state index in [4.69, 9.17) is 16.7 Å². The number of rotatable bonds is 4. The van der Waals surface area contributed by atoms with Gasteiger partial charge in [-0.1, -0.05) is 39.7 Å². The van der Waals surface area contributed by atoms with Gasteiger partial charge in [-0.25, -0.2) is 4.79 Å². The second-order valence-electron chi connectivity index (χ2n) is 4.06. The van der Waals surface area contributed by atoms with Crippen LogP contribution in [0.25, 0.3) is 0 Å². The van der Waals surface area contributed by atoms with E-state index < -0.39 is 16.8 Å². The molecule has 2 aromatic carbocycles. The topological polar surface area (TPSA) is 54.4 Å². The highest BCUT2D eigenvalue weighted by Gasteiger charge is 2.16. The van der Waals surface area contributed by atoms with Crippen molar-refractivity contribution in [2.75, 3.05) is 0 Å². The van der Waals surface area contributed by atoms with Crippen LogP contribution in [0.15, 0.2) is 51.8 Å². The van der Waals surface area contributed by atoms with Gasteiger partial charge in [0.2, 0.25) is 0 Å². The van der Waals surface area contributed by atoms with Crippen molar-refractivity contribution in [3.05, 3.63) is 63.1 Å². The minimum atomic E-state index is -1.44. The lowest BCUT2D eigenvalue weighted by Gasteiger charge is -2.07. The fourth-order valence-corrected chi connectivity index (χ4v) is 3.62. The van der Waals surface area contributed by atoms with Gasteiger partial charge in [0.1, 0.15) is 0 Å². The average molecular weight is 374 g/mol. The van der Waals surface area contributed by atoms with Gasteiger partial charge in [-0.05, 0) is 35.9 Å². The Morgan fingerprint density at radius 2 is 1.85 bits per heavy atom. The van der Waals surface area contributed by atoms with Crippen LogP contribution in [0.1, 0.15) is 15.9 Å². The Labute approximate surface area is 132 Å². The van der Waals surface area contributed by atoms with Crippen molar-refractivity contribution in [1.29, 1.82) is 0 Å². The summed E-state index contributed by atoms with van der Waals surface area (Å²) in [6.07, 6.45) is 0. The summed E-state index contributed by atoms with van der Waals surface area (Å²) in [6.45, 7) is 0. The molecule has 2 rings (SSSR count). The predicted octanol–water partition coefficient (Wildman–Crippen LogP) is 4.11. The molecule has 0 saturated heterocycles. The number of hydrogen-bond acceptors (Lipinski definition) is 2. The molecule has 104 valence electrons. The van der Waals surface area contributed by atoms with Gasteiger partial charge < -0.3 is 5.11 Å². The van der Waals surface area contributed by atoms with Crippen LogP contribution in [0.2, 0.25) is 5.02 Å². The van der Waals surface area contributed by atoms with Crippen LogP contribution in [0.4, 0.5) is 0 Å². The van der Waals surface area contributed by atoms with Gasteiger partial charge in [-0.15, -0.1) is 0 Å². The van der Waals surface area contributed by atoms with E-state index in [0.717, 1.165) is 5.56 Å². The highest BCUT2D eigenvalue weighted by Crippen LogP contribution is 2.22. The number of aromatic carboxylic acids is 1. The monoisotopic (exact) mass is 372 g/mol. The summed E-state index contributed by atoms with van der Waals surface area (Å²) in [7, 11) is -1.44. The number of carboxylic acid groups (broad SMARTS) is 1. The molecule has 3 nitrogen and oxygen atoms in total. The van der Waals surface area contributed by atoms with E-state index in [0.29, 0.717) is 14.4 Å². The first-order chi connectivity index (χ1) is 9.47. The number of benzene rings is 2. The van der Waals surface area contributed by atoms with Crippen LogP contribution in [0.5, 0.6) is 0 Å². The van der Waals surface area contributed by atoms with Crippen molar-refractivity contribution in [3.8, 4) is 0 Å². The molecule has 0 aliphatic heterocycles. The summed E-state index contributed by atoms with van der Waals surface area (Å²) in [5.74, 6) is -0.842. The van der Waals surface area contributed by atoms with Crippen LogP contribution in [0.3, 0.4) is 0 Å². The fourth-order valence-electron chi connectivity index (χ4n) is 1.67. The zero-order valence-electron chi connectivity index (χ0n) is 10.2. The van der Waals surface area contributed by atoms with Gasteiger partial charge in [0.15, 0.2) is 0 Å². The van der Waals surface area contributed by atoms with Crippen LogP contribution in [-0.2, 0) is 16.6 Å². The summed E-state index contributed by atoms with van der Waals surface area (Å²) < 4.78 is 13.1. The SMILES string of the molecule is O=C(O)c1ccc(Br)cc1S(=O)Cc1ccc(Cl)cc1. The summed E-state index contributed by atoms with van der Waals surface area (Å²) in [4.78, 5) is 11.5. The normalized spacial score (nSPS) is 12.1. The standard InChI is InChI=1S/C14H10BrClO3S/c15-10-3-6-12(14(17)18)13(7-10)20(19)8-9-1-4-11(16)5-2-9/h1-7H,8H2,(H,17,18). The summed E-state index contributed by atoms with van der Waals surface area (Å²) >= 11 is 9.06. The number of carbonyl (C=O) groups is 1. The molecule has 6 heteroatoms. The van der Waals surface area contributed by atoms with E-state index in [9.17, 15) is 9.00 Å². The first-order valence-electron chi connectivity index (χ1n) is 5.63. The zero-order valence-corrected chi connectivity index (χ0v) is 13.3. The van der Waals surface area contributed by atoms with Crippen molar-refractivity contribution in [3.63, 3.8) is 0 Å². The van der Waals surface area contributed by atoms with Crippen molar-refractivity contribution in [2.24, 2.45) is 0 Å². The lowest BCUT2D eigenvalue weighted by molar-refractivity contribution is 0.0693. The third-order valence-corrected chi connectivity index (χ3v) is 4.80. The fraction of sp³-hybridized carbons (Fsp3) is 0.0714. The number of hydrogen-bond donors (Lipinski definition) is 1. The second-order valence-corrected chi connectivity index (χ2v) is 6.83. The first kappa shape index (κ1) is 15.2. The number of carboxylic acids is 1. The Kier molecular flexibility index (Phi) is 4.96. The predicted molar refractivity (Wildman–Crippen MR) is 82.7 cm³/mol. The van der Waals surface area contributed by atoms with Crippen molar-refractivity contribution in [2.45, 2.75) is 10.6 Å². The quantitative estimate of drug-likeness (QED) is 0.877. The van der Waals surface area contributed by atoms with E-state index in [-0.39, 0.29) is 11.3 Å². The minimum absolute atomic E-state index is 0.0560. The van der Waals surface area contributed by atoms with Gasteiger partial charge in [-0.3, -0.25) is 4.21 Å². The van der Waals surface area contributed by atoms with Crippen molar-refractivity contribution in [1.82, 2.24) is 0 Å². The second kappa shape index (κ2) is 6.52. The highest BCUT2D eigenvalue weighted by atomic mass is 79.9. The van der Waals surface area contributed by atoms with Gasteiger partial charge in [0.25, 0.3) is 0 Å². The van der Waals surface area contributed by atoms with Crippen LogP contribution in [0, 0.1) is 0 Å². The highest BCUT2D eigenvalue weighted by molar-refractivity contribution is 9.10. The molecule has 0 saturated carbocycles. The average Bonchev–Trinajstić information content (AvgIpc) is 2.41. The molecule has 0 aliphatic carbocycles. The van der Waals surface area contributed by atoms with E-state index in [1.165, 1.54) is 6.07 Å². The molecular formula is C14H10BrClO3S. The van der Waals surface area contributed by atoms with Gasteiger partial charge in [0.05, 0.1) is 27.0 Å². The van der Waals surface area contributed by atoms with Crippen LogP contribution in [-0.4, -0.2) is 15.3 Å². The third-order valence-electron chi connectivity index (χ3n) is 2.63. The Bertz CT molecular complexity index is 671. The number of halogens is 2. The molecule has 0 bridgehead atoms. The molecular weight excluding hydrogens is 364 g/mol. The Morgan fingerprint density at radius 1 is 1.20 bits per heavy atom. The first-order valence-corrected chi connectivity index (χ1v) is 8.12. The zero-order chi connectivity index (χ0) is 14.7. The molecule has 0 amide bonds. The molecule has 1 unspecified atom stereocenters. The molecule has 0 aliphatic rings. The maximum atomic E-state index is 12.4. The van der Waals surface area contributed by atoms with E-state index in [2.05, 4.69) is 15.9 Å². The Balaban J connectivity index is 2.31. The smallest absolute Gasteiger partial charge is 0.336 e. The van der Waals surface area contributed by atoms with E-state index in [1.54, 1.807) is 36.4 Å². The summed E-state index contributed by atoms with van der Waals surface area (Å²) in [6, 6.07) is 11.6. The molecule has 0 radical (unpaired) electrons. The molecule has 2 aromatic rings. The molecule has 1 N–H and O–H groups in total.